The second-order valence-electron chi connectivity index (χ2n) is 7.87. The van der Waals surface area contributed by atoms with E-state index < -0.39 is 0 Å². The van der Waals surface area contributed by atoms with E-state index in [1.807, 2.05) is 0 Å². The molecule has 0 aliphatic carbocycles. The number of hydrogen-bond acceptors (Lipinski definition) is 3. The molecule has 1 aliphatic heterocycles. The number of aromatic nitrogens is 2. The Bertz CT molecular complexity index is 873. The van der Waals surface area contributed by atoms with Gasteiger partial charge in [-0.25, -0.2) is 4.98 Å². The summed E-state index contributed by atoms with van der Waals surface area (Å²) in [6.07, 6.45) is 3.60. The molecule has 4 nitrogen and oxygen atoms in total. The molecule has 0 bridgehead atoms. The smallest absolute Gasteiger partial charge is 0.141 e. The van der Waals surface area contributed by atoms with Crippen molar-refractivity contribution in [3.8, 4) is 11.4 Å². The average Bonchev–Trinajstić information content (AvgIpc) is 3.07. The highest BCUT2D eigenvalue weighted by Crippen LogP contribution is 2.26. The van der Waals surface area contributed by atoms with Crippen molar-refractivity contribution in [3.05, 3.63) is 54.1 Å². The number of aryl methyl sites for hydroxylation is 1. The molecule has 1 fully saturated rings. The first-order valence-corrected chi connectivity index (χ1v) is 10.2. The molecule has 1 aromatic heterocycles. The molecule has 0 radical (unpaired) electrons. The number of likely N-dealkylation sites (tertiary alicyclic amines) is 1. The maximum Gasteiger partial charge on any atom is 0.141 e. The molecule has 1 aliphatic rings. The van der Waals surface area contributed by atoms with Crippen LogP contribution < -0.4 is 5.73 Å². The summed E-state index contributed by atoms with van der Waals surface area (Å²) in [5, 5.41) is 0. The monoisotopic (exact) mass is 362 g/mol. The number of imidazole rings is 1. The van der Waals surface area contributed by atoms with E-state index in [1.165, 1.54) is 42.6 Å². The van der Waals surface area contributed by atoms with Crippen LogP contribution in [0, 0.1) is 5.92 Å². The molecule has 27 heavy (non-hydrogen) atoms. The topological polar surface area (TPSA) is 47.1 Å². The van der Waals surface area contributed by atoms with Crippen LogP contribution in [0.15, 0.2) is 48.5 Å². The van der Waals surface area contributed by atoms with Gasteiger partial charge in [-0.15, -0.1) is 0 Å². The number of benzene rings is 2. The van der Waals surface area contributed by atoms with Gasteiger partial charge in [0.05, 0.1) is 11.0 Å². The third-order valence-electron chi connectivity index (χ3n) is 5.73. The Balaban J connectivity index is 1.56. The van der Waals surface area contributed by atoms with Crippen LogP contribution in [0.5, 0.6) is 0 Å². The van der Waals surface area contributed by atoms with Crippen LogP contribution in [0.2, 0.25) is 0 Å². The Morgan fingerprint density at radius 1 is 1.04 bits per heavy atom. The van der Waals surface area contributed by atoms with Crippen molar-refractivity contribution < 1.29 is 0 Å². The van der Waals surface area contributed by atoms with Crippen molar-refractivity contribution in [3.63, 3.8) is 0 Å². The first kappa shape index (κ1) is 18.2. The second kappa shape index (κ2) is 8.24. The van der Waals surface area contributed by atoms with Gasteiger partial charge in [0, 0.05) is 18.7 Å². The maximum absolute atomic E-state index is 5.76. The molecular weight excluding hydrogens is 332 g/mol. The first-order chi connectivity index (χ1) is 13.2. The lowest BCUT2D eigenvalue weighted by Crippen LogP contribution is -2.32. The Hall–Kier alpha value is -2.17. The summed E-state index contributed by atoms with van der Waals surface area (Å²) >= 11 is 0. The number of piperidine rings is 1. The van der Waals surface area contributed by atoms with Gasteiger partial charge in [-0.3, -0.25) is 4.90 Å². The van der Waals surface area contributed by atoms with Crippen LogP contribution >= 0.6 is 0 Å². The van der Waals surface area contributed by atoms with Crippen LogP contribution in [0.25, 0.3) is 22.4 Å². The first-order valence-electron chi connectivity index (χ1n) is 10.2. The molecule has 0 saturated carbocycles. The highest BCUT2D eigenvalue weighted by atomic mass is 15.1. The van der Waals surface area contributed by atoms with E-state index in [2.05, 4.69) is 64.9 Å². The Labute approximate surface area is 162 Å². The van der Waals surface area contributed by atoms with Crippen molar-refractivity contribution in [2.45, 2.75) is 39.3 Å². The lowest BCUT2D eigenvalue weighted by molar-refractivity contribution is 0.185. The summed E-state index contributed by atoms with van der Waals surface area (Å²) in [6.45, 7) is 7.45. The maximum atomic E-state index is 5.76. The highest BCUT2D eigenvalue weighted by Gasteiger charge is 2.16. The van der Waals surface area contributed by atoms with Gasteiger partial charge in [0.1, 0.15) is 5.82 Å². The van der Waals surface area contributed by atoms with Gasteiger partial charge < -0.3 is 10.3 Å². The molecule has 2 N–H and O–H groups in total. The minimum absolute atomic E-state index is 0.694. The van der Waals surface area contributed by atoms with Crippen molar-refractivity contribution in [1.82, 2.24) is 14.5 Å². The Morgan fingerprint density at radius 2 is 1.78 bits per heavy atom. The molecule has 2 aromatic carbocycles. The van der Waals surface area contributed by atoms with Crippen LogP contribution in [-0.2, 0) is 13.1 Å². The SMILES string of the molecule is CC1CCN(Cc2ccc(-c3nc4ccccc4n3CCCN)cc2)CC1. The molecule has 0 atom stereocenters. The number of nitrogens with two attached hydrogens (primary N) is 1. The zero-order valence-electron chi connectivity index (χ0n) is 16.3. The summed E-state index contributed by atoms with van der Waals surface area (Å²) in [6, 6.07) is 17.3. The number of para-hydroxylation sites is 2. The number of rotatable bonds is 6. The predicted octanol–water partition coefficient (Wildman–Crippen LogP) is 4.28. The largest absolute Gasteiger partial charge is 0.330 e. The van der Waals surface area contributed by atoms with E-state index in [-0.39, 0.29) is 0 Å². The van der Waals surface area contributed by atoms with Gasteiger partial charge in [0.25, 0.3) is 0 Å². The summed E-state index contributed by atoms with van der Waals surface area (Å²) in [5.74, 6) is 1.92. The molecule has 4 heteroatoms. The lowest BCUT2D eigenvalue weighted by atomic mass is 9.99. The van der Waals surface area contributed by atoms with Crippen LogP contribution in [0.3, 0.4) is 0 Å². The van der Waals surface area contributed by atoms with Crippen LogP contribution in [-0.4, -0.2) is 34.1 Å². The van der Waals surface area contributed by atoms with Crippen molar-refractivity contribution in [1.29, 1.82) is 0 Å². The molecule has 142 valence electrons. The number of fused-ring (bicyclic) bond motifs is 1. The van der Waals surface area contributed by atoms with E-state index in [0.29, 0.717) is 6.54 Å². The summed E-state index contributed by atoms with van der Waals surface area (Å²) in [4.78, 5) is 7.48. The van der Waals surface area contributed by atoms with Gasteiger partial charge in [-0.2, -0.15) is 0 Å². The van der Waals surface area contributed by atoms with Crippen LogP contribution in [0.4, 0.5) is 0 Å². The minimum Gasteiger partial charge on any atom is -0.330 e. The van der Waals surface area contributed by atoms with E-state index in [0.717, 1.165) is 36.8 Å². The zero-order valence-corrected chi connectivity index (χ0v) is 16.3. The lowest BCUT2D eigenvalue weighted by Gasteiger charge is -2.30. The van der Waals surface area contributed by atoms with Gasteiger partial charge in [-0.1, -0.05) is 43.3 Å². The van der Waals surface area contributed by atoms with E-state index >= 15 is 0 Å². The molecular formula is C23H30N4. The molecule has 0 unspecified atom stereocenters. The molecule has 3 aromatic rings. The fraction of sp³-hybridized carbons (Fsp3) is 0.435. The highest BCUT2D eigenvalue weighted by molar-refractivity contribution is 5.80. The van der Waals surface area contributed by atoms with Crippen LogP contribution in [0.1, 0.15) is 31.7 Å². The second-order valence-corrected chi connectivity index (χ2v) is 7.87. The van der Waals surface area contributed by atoms with E-state index in [1.54, 1.807) is 0 Å². The van der Waals surface area contributed by atoms with Gasteiger partial charge >= 0.3 is 0 Å². The van der Waals surface area contributed by atoms with Gasteiger partial charge in [0.15, 0.2) is 0 Å². The van der Waals surface area contributed by atoms with Crippen molar-refractivity contribution in [2.24, 2.45) is 11.7 Å². The third kappa shape index (κ3) is 4.07. The Kier molecular flexibility index (Phi) is 5.55. The van der Waals surface area contributed by atoms with E-state index in [4.69, 9.17) is 10.7 Å². The van der Waals surface area contributed by atoms with Gasteiger partial charge in [0.2, 0.25) is 0 Å². The molecule has 0 spiro atoms. The fourth-order valence-electron chi connectivity index (χ4n) is 4.01. The molecule has 2 heterocycles. The average molecular weight is 363 g/mol. The zero-order chi connectivity index (χ0) is 18.6. The normalized spacial score (nSPS) is 16.2. The fourth-order valence-corrected chi connectivity index (χ4v) is 4.01. The molecule has 0 amide bonds. The molecule has 4 rings (SSSR count). The van der Waals surface area contributed by atoms with Crippen molar-refractivity contribution in [2.75, 3.05) is 19.6 Å². The minimum atomic E-state index is 0.694. The third-order valence-corrected chi connectivity index (χ3v) is 5.73. The quantitative estimate of drug-likeness (QED) is 0.712. The number of hydrogen-bond donors (Lipinski definition) is 1. The summed E-state index contributed by atoms with van der Waals surface area (Å²) in [7, 11) is 0. The standard InChI is InChI=1S/C23H30N4/c1-18-11-15-26(16-12-18)17-19-7-9-20(10-8-19)23-25-21-5-2-3-6-22(21)27(23)14-4-13-24/h2-3,5-10,18H,4,11-17,24H2,1H3. The van der Waals surface area contributed by atoms with Crippen molar-refractivity contribution >= 4 is 11.0 Å². The number of nitrogens with zero attached hydrogens (tertiary/aromatic N) is 3. The van der Waals surface area contributed by atoms with Gasteiger partial charge in [-0.05, 0) is 62.5 Å². The summed E-state index contributed by atoms with van der Waals surface area (Å²) < 4.78 is 2.31. The molecule has 1 saturated heterocycles. The Morgan fingerprint density at radius 3 is 2.52 bits per heavy atom. The summed E-state index contributed by atoms with van der Waals surface area (Å²) in [5.41, 5.74) is 10.6. The predicted molar refractivity (Wildman–Crippen MR) is 113 cm³/mol. The van der Waals surface area contributed by atoms with E-state index in [9.17, 15) is 0 Å².